The molecule has 0 saturated carbocycles. The molecule has 21 heavy (non-hydrogen) atoms. The summed E-state index contributed by atoms with van der Waals surface area (Å²) in [6.07, 6.45) is 2.16. The first-order chi connectivity index (χ1) is 9.81. The Morgan fingerprint density at radius 1 is 1.43 bits per heavy atom. The van der Waals surface area contributed by atoms with Crippen molar-refractivity contribution in [1.82, 2.24) is 4.72 Å². The van der Waals surface area contributed by atoms with Crippen LogP contribution in [0.3, 0.4) is 0 Å². The molecule has 1 unspecified atom stereocenters. The lowest BCUT2D eigenvalue weighted by atomic mass is 10.0. The molecule has 1 aromatic rings. The van der Waals surface area contributed by atoms with E-state index in [4.69, 9.17) is 10.8 Å². The van der Waals surface area contributed by atoms with Crippen LogP contribution in [0.2, 0.25) is 0 Å². The maximum Gasteiger partial charge on any atom is 0.243 e. The van der Waals surface area contributed by atoms with Crippen molar-refractivity contribution in [3.8, 4) is 0 Å². The molecule has 0 aliphatic heterocycles. The van der Waals surface area contributed by atoms with Crippen LogP contribution in [-0.2, 0) is 10.0 Å². The number of anilines is 1. The Labute approximate surface area is 132 Å². The van der Waals surface area contributed by atoms with Crippen LogP contribution in [-0.4, -0.2) is 26.7 Å². The average molecular weight is 383 g/mol. The second kappa shape index (κ2) is 8.07. The van der Waals surface area contributed by atoms with Gasteiger partial charge in [-0.3, -0.25) is 0 Å². The van der Waals surface area contributed by atoms with Crippen molar-refractivity contribution in [3.63, 3.8) is 0 Å². The normalized spacial score (nSPS) is 13.3. The number of nitrogen functional groups attached to an aromatic ring is 1. The third-order valence-electron chi connectivity index (χ3n) is 3.10. The molecule has 1 atom stereocenters. The number of nitrogens with one attached hydrogen (secondary N) is 1. The fourth-order valence-corrected chi connectivity index (χ4v) is 3.88. The molecule has 0 amide bonds. The van der Waals surface area contributed by atoms with Gasteiger partial charge in [-0.05, 0) is 46.8 Å². The monoisotopic (exact) mass is 382 g/mol. The smallest absolute Gasteiger partial charge is 0.243 e. The summed E-state index contributed by atoms with van der Waals surface area (Å²) in [6.45, 7) is 2.13. The van der Waals surface area contributed by atoms with Crippen LogP contribution in [0, 0.1) is 11.7 Å². The molecule has 1 rings (SSSR count). The number of aliphatic hydroxyl groups is 1. The predicted octanol–water partition coefficient (Wildman–Crippen LogP) is 2.25. The van der Waals surface area contributed by atoms with Gasteiger partial charge in [0.05, 0.1) is 4.47 Å². The van der Waals surface area contributed by atoms with E-state index in [2.05, 4.69) is 20.7 Å². The summed E-state index contributed by atoms with van der Waals surface area (Å²) < 4.78 is 40.7. The third kappa shape index (κ3) is 5.21. The number of hydrogen-bond donors (Lipinski definition) is 3. The number of rotatable bonds is 8. The minimum atomic E-state index is -3.98. The summed E-state index contributed by atoms with van der Waals surface area (Å²) in [7, 11) is -3.98. The highest BCUT2D eigenvalue weighted by Gasteiger charge is 2.22. The van der Waals surface area contributed by atoms with E-state index in [-0.39, 0.29) is 29.2 Å². The zero-order valence-electron chi connectivity index (χ0n) is 11.8. The van der Waals surface area contributed by atoms with Crippen molar-refractivity contribution in [1.29, 1.82) is 0 Å². The van der Waals surface area contributed by atoms with Gasteiger partial charge in [0.1, 0.15) is 4.90 Å². The molecule has 0 saturated heterocycles. The van der Waals surface area contributed by atoms with Crippen LogP contribution < -0.4 is 10.5 Å². The van der Waals surface area contributed by atoms with E-state index >= 15 is 0 Å². The largest absolute Gasteiger partial charge is 0.399 e. The van der Waals surface area contributed by atoms with E-state index in [0.29, 0.717) is 6.42 Å². The van der Waals surface area contributed by atoms with Crippen LogP contribution in [0.25, 0.3) is 0 Å². The molecular formula is C13H20BrFN2O3S. The summed E-state index contributed by atoms with van der Waals surface area (Å²) >= 11 is 2.94. The topological polar surface area (TPSA) is 92.4 Å². The molecule has 120 valence electrons. The van der Waals surface area contributed by atoms with Crippen molar-refractivity contribution < 1.29 is 17.9 Å². The number of benzene rings is 1. The molecule has 5 nitrogen and oxygen atoms in total. The van der Waals surface area contributed by atoms with Crippen molar-refractivity contribution in [3.05, 3.63) is 22.4 Å². The lowest BCUT2D eigenvalue weighted by molar-refractivity contribution is 0.251. The molecule has 8 heteroatoms. The molecule has 0 radical (unpaired) electrons. The quantitative estimate of drug-likeness (QED) is 0.601. The van der Waals surface area contributed by atoms with Crippen molar-refractivity contribution in [2.45, 2.75) is 31.1 Å². The zero-order valence-corrected chi connectivity index (χ0v) is 14.2. The fourth-order valence-electron chi connectivity index (χ4n) is 2.02. The van der Waals surface area contributed by atoms with Crippen LogP contribution in [0.1, 0.15) is 26.2 Å². The highest BCUT2D eigenvalue weighted by Crippen LogP contribution is 2.26. The van der Waals surface area contributed by atoms with Gasteiger partial charge < -0.3 is 10.8 Å². The first kappa shape index (κ1) is 18.3. The van der Waals surface area contributed by atoms with Gasteiger partial charge in [0.2, 0.25) is 10.0 Å². The molecule has 4 N–H and O–H groups in total. The van der Waals surface area contributed by atoms with Crippen LogP contribution in [0.4, 0.5) is 10.1 Å². The fraction of sp³-hybridized carbons (Fsp3) is 0.538. The Morgan fingerprint density at radius 2 is 2.10 bits per heavy atom. The molecule has 0 spiro atoms. The van der Waals surface area contributed by atoms with Gasteiger partial charge in [-0.2, -0.15) is 0 Å². The number of aliphatic hydroxyl groups excluding tert-OH is 1. The summed E-state index contributed by atoms with van der Waals surface area (Å²) in [5.74, 6) is -0.853. The number of hydrogen-bond acceptors (Lipinski definition) is 4. The van der Waals surface area contributed by atoms with Crippen LogP contribution in [0.5, 0.6) is 0 Å². The van der Waals surface area contributed by atoms with E-state index in [0.717, 1.165) is 18.9 Å². The molecule has 0 aliphatic carbocycles. The van der Waals surface area contributed by atoms with E-state index in [1.807, 2.05) is 6.92 Å². The summed E-state index contributed by atoms with van der Waals surface area (Å²) in [5.41, 5.74) is 5.71. The van der Waals surface area contributed by atoms with Gasteiger partial charge in [0.15, 0.2) is 5.82 Å². The van der Waals surface area contributed by atoms with E-state index in [9.17, 15) is 12.8 Å². The number of sulfonamides is 1. The Balaban J connectivity index is 2.91. The van der Waals surface area contributed by atoms with Crippen LogP contribution in [0.15, 0.2) is 21.5 Å². The maximum absolute atomic E-state index is 13.9. The van der Waals surface area contributed by atoms with Crippen molar-refractivity contribution in [2.75, 3.05) is 18.9 Å². The van der Waals surface area contributed by atoms with E-state index in [1.54, 1.807) is 0 Å². The summed E-state index contributed by atoms with van der Waals surface area (Å²) in [5, 5.41) is 8.97. The molecule has 0 fully saturated rings. The lowest BCUT2D eigenvalue weighted by Crippen LogP contribution is -2.30. The second-order valence-corrected chi connectivity index (χ2v) is 7.42. The van der Waals surface area contributed by atoms with Gasteiger partial charge in [-0.15, -0.1) is 0 Å². The predicted molar refractivity (Wildman–Crippen MR) is 83.8 cm³/mol. The number of nitrogens with two attached hydrogens (primary N) is 1. The van der Waals surface area contributed by atoms with E-state index < -0.39 is 20.7 Å². The average Bonchev–Trinajstić information content (AvgIpc) is 2.40. The molecule has 0 heterocycles. The van der Waals surface area contributed by atoms with Crippen LogP contribution >= 0.6 is 15.9 Å². The zero-order chi connectivity index (χ0) is 16.0. The highest BCUT2D eigenvalue weighted by atomic mass is 79.9. The first-order valence-electron chi connectivity index (χ1n) is 6.66. The van der Waals surface area contributed by atoms with Crippen molar-refractivity contribution >= 4 is 31.6 Å². The Kier molecular flexibility index (Phi) is 7.05. The lowest BCUT2D eigenvalue weighted by Gasteiger charge is -2.16. The van der Waals surface area contributed by atoms with Crippen molar-refractivity contribution in [2.24, 2.45) is 5.92 Å². The Hall–Kier alpha value is -0.700. The molecule has 0 aromatic heterocycles. The van der Waals surface area contributed by atoms with Gasteiger partial charge in [0, 0.05) is 18.8 Å². The van der Waals surface area contributed by atoms with Gasteiger partial charge in [0.25, 0.3) is 0 Å². The highest BCUT2D eigenvalue weighted by molar-refractivity contribution is 9.10. The standard InChI is InChI=1S/C13H20BrFN2O3S/c1-2-3-9(4-5-18)8-17-21(19,20)12-7-10(16)6-11(14)13(12)15/h6-7,9,17-18H,2-5,8,16H2,1H3. The maximum atomic E-state index is 13.9. The van der Waals surface area contributed by atoms with E-state index in [1.165, 1.54) is 6.07 Å². The second-order valence-electron chi connectivity index (χ2n) is 4.83. The van der Waals surface area contributed by atoms with Gasteiger partial charge in [-0.25, -0.2) is 17.5 Å². The molecule has 1 aromatic carbocycles. The summed E-state index contributed by atoms with van der Waals surface area (Å²) in [4.78, 5) is -0.478. The van der Waals surface area contributed by atoms with Gasteiger partial charge >= 0.3 is 0 Å². The first-order valence-corrected chi connectivity index (χ1v) is 8.94. The molecule has 0 aliphatic rings. The minimum absolute atomic E-state index is 0.00309. The minimum Gasteiger partial charge on any atom is -0.399 e. The Bertz CT molecular complexity index is 575. The van der Waals surface area contributed by atoms with Gasteiger partial charge in [-0.1, -0.05) is 13.3 Å². The third-order valence-corrected chi connectivity index (χ3v) is 5.10. The molecular weight excluding hydrogens is 363 g/mol. The summed E-state index contributed by atoms with van der Waals surface area (Å²) in [6, 6.07) is 2.39. The SMILES string of the molecule is CCCC(CCO)CNS(=O)(=O)c1cc(N)cc(Br)c1F. The number of halogens is 2. The Morgan fingerprint density at radius 3 is 2.67 bits per heavy atom. The molecule has 0 bridgehead atoms.